The number of carboxylic acid groups (broad SMARTS) is 1. The SMILES string of the molecule is CC(C)C(NCOC(C)(C)C)C(=O)O. The Bertz CT molecular complexity index is 184. The molecule has 4 nitrogen and oxygen atoms in total. The molecule has 84 valence electrons. The molecule has 0 saturated carbocycles. The number of aliphatic carboxylic acids is 1. The highest BCUT2D eigenvalue weighted by atomic mass is 16.5. The second kappa shape index (κ2) is 5.32. The van der Waals surface area contributed by atoms with E-state index in [0.29, 0.717) is 0 Å². The van der Waals surface area contributed by atoms with Crippen LogP contribution >= 0.6 is 0 Å². The third-order valence-electron chi connectivity index (χ3n) is 1.74. The predicted octanol–water partition coefficient (Wildman–Crippen LogP) is 1.46. The summed E-state index contributed by atoms with van der Waals surface area (Å²) in [5.41, 5.74) is -0.243. The van der Waals surface area contributed by atoms with Crippen molar-refractivity contribution in [3.05, 3.63) is 0 Å². The Balaban J connectivity index is 3.90. The van der Waals surface area contributed by atoms with Crippen LogP contribution in [0.25, 0.3) is 0 Å². The molecule has 0 aliphatic carbocycles. The Kier molecular flexibility index (Phi) is 5.08. The average Bonchev–Trinajstić information content (AvgIpc) is 1.94. The molecule has 0 saturated heterocycles. The van der Waals surface area contributed by atoms with Crippen LogP contribution in [0.15, 0.2) is 0 Å². The van der Waals surface area contributed by atoms with Crippen molar-refractivity contribution < 1.29 is 14.6 Å². The molecule has 0 fully saturated rings. The van der Waals surface area contributed by atoms with Crippen LogP contribution in [0.1, 0.15) is 34.6 Å². The van der Waals surface area contributed by atoms with Crippen molar-refractivity contribution in [2.75, 3.05) is 6.73 Å². The van der Waals surface area contributed by atoms with E-state index in [1.807, 2.05) is 34.6 Å². The maximum absolute atomic E-state index is 10.8. The maximum atomic E-state index is 10.8. The lowest BCUT2D eigenvalue weighted by molar-refractivity contribution is -0.142. The molecule has 0 heterocycles. The van der Waals surface area contributed by atoms with E-state index < -0.39 is 12.0 Å². The molecule has 1 unspecified atom stereocenters. The molecule has 0 aliphatic heterocycles. The van der Waals surface area contributed by atoms with E-state index in [1.165, 1.54) is 0 Å². The first-order valence-corrected chi connectivity index (χ1v) is 4.84. The first-order valence-electron chi connectivity index (χ1n) is 4.84. The van der Waals surface area contributed by atoms with Gasteiger partial charge < -0.3 is 9.84 Å². The Hall–Kier alpha value is -0.610. The van der Waals surface area contributed by atoms with Gasteiger partial charge >= 0.3 is 5.97 Å². The average molecular weight is 203 g/mol. The van der Waals surface area contributed by atoms with Gasteiger partial charge in [0.15, 0.2) is 0 Å². The van der Waals surface area contributed by atoms with Crippen molar-refractivity contribution in [2.24, 2.45) is 5.92 Å². The third-order valence-corrected chi connectivity index (χ3v) is 1.74. The molecule has 1 atom stereocenters. The van der Waals surface area contributed by atoms with Gasteiger partial charge in [-0.3, -0.25) is 10.1 Å². The van der Waals surface area contributed by atoms with Gasteiger partial charge in [-0.25, -0.2) is 0 Å². The summed E-state index contributed by atoms with van der Waals surface area (Å²) in [5, 5.41) is 11.7. The van der Waals surface area contributed by atoms with Crippen molar-refractivity contribution in [1.82, 2.24) is 5.32 Å². The first kappa shape index (κ1) is 13.4. The molecule has 0 rings (SSSR count). The van der Waals surface area contributed by atoms with E-state index in [9.17, 15) is 4.79 Å². The molecular formula is C10H21NO3. The zero-order chi connectivity index (χ0) is 11.4. The van der Waals surface area contributed by atoms with Crippen molar-refractivity contribution in [1.29, 1.82) is 0 Å². The Morgan fingerprint density at radius 3 is 2.21 bits per heavy atom. The van der Waals surface area contributed by atoms with Crippen LogP contribution in [0.2, 0.25) is 0 Å². The van der Waals surface area contributed by atoms with Crippen LogP contribution in [0, 0.1) is 5.92 Å². The van der Waals surface area contributed by atoms with Crippen LogP contribution in [0.4, 0.5) is 0 Å². The van der Waals surface area contributed by atoms with Crippen LogP contribution in [-0.2, 0) is 9.53 Å². The highest BCUT2D eigenvalue weighted by Gasteiger charge is 2.21. The molecule has 0 aromatic rings. The number of ether oxygens (including phenoxy) is 1. The van der Waals surface area contributed by atoms with Crippen molar-refractivity contribution in [3.8, 4) is 0 Å². The lowest BCUT2D eigenvalue weighted by Crippen LogP contribution is -2.43. The van der Waals surface area contributed by atoms with Crippen LogP contribution in [-0.4, -0.2) is 29.4 Å². The van der Waals surface area contributed by atoms with Gasteiger partial charge in [0.1, 0.15) is 6.04 Å². The van der Waals surface area contributed by atoms with Gasteiger partial charge in [0.25, 0.3) is 0 Å². The molecule has 2 N–H and O–H groups in total. The molecule has 0 spiro atoms. The Labute approximate surface area is 85.6 Å². The molecule has 0 aliphatic rings. The molecule has 0 amide bonds. The van der Waals surface area contributed by atoms with Gasteiger partial charge in [0.05, 0.1) is 12.3 Å². The summed E-state index contributed by atoms with van der Waals surface area (Å²) in [5.74, 6) is -0.784. The summed E-state index contributed by atoms with van der Waals surface area (Å²) >= 11 is 0. The summed E-state index contributed by atoms with van der Waals surface area (Å²) in [6, 6.07) is -0.544. The summed E-state index contributed by atoms with van der Waals surface area (Å²) in [4.78, 5) is 10.8. The summed E-state index contributed by atoms with van der Waals surface area (Å²) in [7, 11) is 0. The number of hydrogen-bond donors (Lipinski definition) is 2. The highest BCUT2D eigenvalue weighted by molar-refractivity contribution is 5.73. The van der Waals surface area contributed by atoms with Crippen molar-refractivity contribution in [3.63, 3.8) is 0 Å². The summed E-state index contributed by atoms with van der Waals surface area (Å²) in [6.07, 6.45) is 0. The van der Waals surface area contributed by atoms with Gasteiger partial charge in [-0.1, -0.05) is 13.8 Å². The minimum atomic E-state index is -0.836. The molecule has 0 aromatic heterocycles. The fourth-order valence-electron chi connectivity index (χ4n) is 0.956. The van der Waals surface area contributed by atoms with Crippen molar-refractivity contribution in [2.45, 2.75) is 46.3 Å². The molecular weight excluding hydrogens is 182 g/mol. The lowest BCUT2D eigenvalue weighted by Gasteiger charge is -2.23. The quantitative estimate of drug-likeness (QED) is 0.664. The maximum Gasteiger partial charge on any atom is 0.321 e. The van der Waals surface area contributed by atoms with Crippen LogP contribution in [0.3, 0.4) is 0 Å². The van der Waals surface area contributed by atoms with E-state index in [4.69, 9.17) is 9.84 Å². The van der Waals surface area contributed by atoms with E-state index in [-0.39, 0.29) is 18.2 Å². The van der Waals surface area contributed by atoms with Gasteiger partial charge in [0.2, 0.25) is 0 Å². The second-order valence-corrected chi connectivity index (χ2v) is 4.67. The monoisotopic (exact) mass is 203 g/mol. The van der Waals surface area contributed by atoms with Gasteiger partial charge in [-0.15, -0.1) is 0 Å². The minimum absolute atomic E-state index is 0.0519. The summed E-state index contributed by atoms with van der Waals surface area (Å²) < 4.78 is 5.39. The zero-order valence-electron chi connectivity index (χ0n) is 9.63. The first-order chi connectivity index (χ1) is 6.24. The van der Waals surface area contributed by atoms with E-state index in [0.717, 1.165) is 0 Å². The summed E-state index contributed by atoms with van der Waals surface area (Å²) in [6.45, 7) is 9.78. The molecule has 0 radical (unpaired) electrons. The van der Waals surface area contributed by atoms with E-state index in [2.05, 4.69) is 5.32 Å². The lowest BCUT2D eigenvalue weighted by atomic mass is 10.1. The van der Waals surface area contributed by atoms with Crippen LogP contribution in [0.5, 0.6) is 0 Å². The third kappa shape index (κ3) is 5.94. The standard InChI is InChI=1S/C10H21NO3/c1-7(2)8(9(12)13)11-6-14-10(3,4)5/h7-8,11H,6H2,1-5H3,(H,12,13). The van der Waals surface area contributed by atoms with E-state index >= 15 is 0 Å². The highest BCUT2D eigenvalue weighted by Crippen LogP contribution is 2.06. The fraction of sp³-hybridized carbons (Fsp3) is 0.900. The molecule has 4 heteroatoms. The Morgan fingerprint density at radius 2 is 1.93 bits per heavy atom. The second-order valence-electron chi connectivity index (χ2n) is 4.67. The smallest absolute Gasteiger partial charge is 0.321 e. The predicted molar refractivity (Wildman–Crippen MR) is 55.1 cm³/mol. The van der Waals surface area contributed by atoms with E-state index in [1.54, 1.807) is 0 Å². The normalized spacial score (nSPS) is 14.4. The van der Waals surface area contributed by atoms with Gasteiger partial charge in [-0.05, 0) is 26.7 Å². The molecule has 0 bridgehead atoms. The fourth-order valence-corrected chi connectivity index (χ4v) is 0.956. The van der Waals surface area contributed by atoms with Crippen molar-refractivity contribution >= 4 is 5.97 Å². The van der Waals surface area contributed by atoms with Gasteiger partial charge in [0, 0.05) is 0 Å². The molecule has 0 aromatic carbocycles. The van der Waals surface area contributed by atoms with Gasteiger partial charge in [-0.2, -0.15) is 0 Å². The largest absolute Gasteiger partial charge is 0.480 e. The number of carboxylic acids is 1. The van der Waals surface area contributed by atoms with Crippen LogP contribution < -0.4 is 5.32 Å². The Morgan fingerprint density at radius 1 is 1.43 bits per heavy atom. The number of hydrogen-bond acceptors (Lipinski definition) is 3. The minimum Gasteiger partial charge on any atom is -0.480 e. The number of nitrogens with one attached hydrogen (secondary N) is 1. The number of carbonyl (C=O) groups is 1. The molecule has 14 heavy (non-hydrogen) atoms. The number of rotatable bonds is 5. The zero-order valence-corrected chi connectivity index (χ0v) is 9.63. The topological polar surface area (TPSA) is 58.6 Å².